The molecule has 7 rings (SSSR count). The monoisotopic (exact) mass is 542 g/mol. The Morgan fingerprint density at radius 2 is 0.643 bits per heavy atom. The Labute approximate surface area is 242 Å². The second kappa shape index (κ2) is 11.2. The van der Waals surface area contributed by atoms with Crippen LogP contribution >= 0.6 is 0 Å². The topological polar surface area (TPSA) is 103 Å². The van der Waals surface area contributed by atoms with E-state index in [9.17, 15) is 0 Å². The summed E-state index contributed by atoms with van der Waals surface area (Å²) in [6.07, 6.45) is 15.4. The van der Waals surface area contributed by atoms with Gasteiger partial charge in [0, 0.05) is 70.6 Å². The van der Waals surface area contributed by atoms with Crippen molar-refractivity contribution >= 4 is 0 Å². The Hall–Kier alpha value is -6.02. The zero-order valence-corrected chi connectivity index (χ0v) is 22.3. The van der Waals surface area contributed by atoms with E-state index in [1.165, 1.54) is 19.0 Å². The highest BCUT2D eigenvalue weighted by molar-refractivity contribution is 5.78. The SMILES string of the molecule is c1cc(-c2cncnc2)cc(-c2cc(-c3cccc(-c4cncnc4)c3)nc(-c3cccc(-c4cncnc4)c3)n2)c1. The summed E-state index contributed by atoms with van der Waals surface area (Å²) in [5.74, 6) is 0.614. The van der Waals surface area contributed by atoms with Crippen LogP contribution in [0.25, 0.3) is 67.3 Å². The fourth-order valence-corrected chi connectivity index (χ4v) is 4.77. The predicted octanol–water partition coefficient (Wildman–Crippen LogP) is 6.85. The van der Waals surface area contributed by atoms with Crippen LogP contribution in [-0.2, 0) is 0 Å². The lowest BCUT2D eigenvalue weighted by molar-refractivity contribution is 1.17. The van der Waals surface area contributed by atoms with Crippen molar-refractivity contribution < 1.29 is 0 Å². The molecule has 0 spiro atoms. The van der Waals surface area contributed by atoms with Crippen molar-refractivity contribution in [2.24, 2.45) is 0 Å². The highest BCUT2D eigenvalue weighted by Crippen LogP contribution is 2.32. The fraction of sp³-hybridized carbons (Fsp3) is 0. The van der Waals surface area contributed by atoms with Gasteiger partial charge < -0.3 is 0 Å². The van der Waals surface area contributed by atoms with Crippen molar-refractivity contribution in [1.29, 1.82) is 0 Å². The van der Waals surface area contributed by atoms with Gasteiger partial charge in [-0.25, -0.2) is 39.9 Å². The van der Waals surface area contributed by atoms with Gasteiger partial charge in [-0.05, 0) is 41.0 Å². The number of hydrogen-bond acceptors (Lipinski definition) is 8. The molecule has 0 bridgehead atoms. The fourth-order valence-electron chi connectivity index (χ4n) is 4.77. The first-order chi connectivity index (χ1) is 20.8. The van der Waals surface area contributed by atoms with Crippen molar-refractivity contribution in [2.45, 2.75) is 0 Å². The van der Waals surface area contributed by atoms with Crippen LogP contribution in [0.4, 0.5) is 0 Å². The Balaban J connectivity index is 1.38. The van der Waals surface area contributed by atoms with E-state index in [-0.39, 0.29) is 0 Å². The molecule has 0 unspecified atom stereocenters. The lowest BCUT2D eigenvalue weighted by Gasteiger charge is -2.12. The number of rotatable bonds is 6. The second-order valence-electron chi connectivity index (χ2n) is 9.59. The maximum atomic E-state index is 5.06. The van der Waals surface area contributed by atoms with Gasteiger partial charge in [0.2, 0.25) is 0 Å². The van der Waals surface area contributed by atoms with Crippen molar-refractivity contribution in [3.63, 3.8) is 0 Å². The molecular weight excluding hydrogens is 520 g/mol. The molecule has 0 radical (unpaired) electrons. The van der Waals surface area contributed by atoms with Crippen molar-refractivity contribution in [1.82, 2.24) is 39.9 Å². The van der Waals surface area contributed by atoms with Crippen LogP contribution in [-0.4, -0.2) is 39.9 Å². The van der Waals surface area contributed by atoms with Gasteiger partial charge >= 0.3 is 0 Å². The molecule has 0 aliphatic heterocycles. The zero-order chi connectivity index (χ0) is 28.1. The summed E-state index contributed by atoms with van der Waals surface area (Å²) >= 11 is 0. The first-order valence-electron chi connectivity index (χ1n) is 13.3. The minimum atomic E-state index is 0.614. The van der Waals surface area contributed by atoms with Gasteiger partial charge in [0.15, 0.2) is 5.82 Å². The first-order valence-corrected chi connectivity index (χ1v) is 13.3. The molecule has 0 N–H and O–H groups in total. The average molecular weight is 543 g/mol. The lowest BCUT2D eigenvalue weighted by atomic mass is 10.0. The van der Waals surface area contributed by atoms with Gasteiger partial charge in [0.05, 0.1) is 11.4 Å². The summed E-state index contributed by atoms with van der Waals surface area (Å²) in [4.78, 5) is 35.2. The molecular formula is C34H22N8. The Bertz CT molecular complexity index is 1740. The normalized spacial score (nSPS) is 10.9. The summed E-state index contributed by atoms with van der Waals surface area (Å²) in [6.45, 7) is 0. The summed E-state index contributed by atoms with van der Waals surface area (Å²) in [7, 11) is 0. The van der Waals surface area contributed by atoms with Crippen LogP contribution in [0.5, 0.6) is 0 Å². The summed E-state index contributed by atoms with van der Waals surface area (Å²) < 4.78 is 0. The lowest BCUT2D eigenvalue weighted by Crippen LogP contribution is -1.97. The minimum Gasteiger partial charge on any atom is -0.244 e. The number of aromatic nitrogens is 8. The van der Waals surface area contributed by atoms with Crippen LogP contribution in [0.15, 0.2) is 135 Å². The van der Waals surface area contributed by atoms with Crippen LogP contribution in [0.2, 0.25) is 0 Å². The molecule has 0 saturated heterocycles. The highest BCUT2D eigenvalue weighted by Gasteiger charge is 2.13. The minimum absolute atomic E-state index is 0.614. The third-order valence-electron chi connectivity index (χ3n) is 6.85. The molecule has 7 aromatic rings. The van der Waals surface area contributed by atoms with Crippen LogP contribution < -0.4 is 0 Å². The average Bonchev–Trinajstić information content (AvgIpc) is 3.09. The van der Waals surface area contributed by atoms with E-state index >= 15 is 0 Å². The van der Waals surface area contributed by atoms with Crippen LogP contribution in [0, 0.1) is 0 Å². The van der Waals surface area contributed by atoms with Gasteiger partial charge in [0.25, 0.3) is 0 Å². The molecule has 0 fully saturated rings. The van der Waals surface area contributed by atoms with Gasteiger partial charge in [-0.15, -0.1) is 0 Å². The summed E-state index contributed by atoms with van der Waals surface area (Å²) in [6, 6.07) is 26.6. The van der Waals surface area contributed by atoms with Gasteiger partial charge in [-0.1, -0.05) is 54.6 Å². The van der Waals surface area contributed by atoms with E-state index in [1.54, 1.807) is 37.2 Å². The Morgan fingerprint density at radius 1 is 0.310 bits per heavy atom. The number of nitrogens with zero attached hydrogens (tertiary/aromatic N) is 8. The quantitative estimate of drug-likeness (QED) is 0.225. The van der Waals surface area contributed by atoms with Crippen LogP contribution in [0.1, 0.15) is 0 Å². The smallest absolute Gasteiger partial charge is 0.160 e. The van der Waals surface area contributed by atoms with E-state index in [2.05, 4.69) is 60.2 Å². The van der Waals surface area contributed by atoms with Crippen molar-refractivity contribution in [3.05, 3.63) is 135 Å². The molecule has 0 aliphatic carbocycles. The van der Waals surface area contributed by atoms with Crippen molar-refractivity contribution in [3.8, 4) is 67.3 Å². The zero-order valence-electron chi connectivity index (χ0n) is 22.3. The Kier molecular flexibility index (Phi) is 6.68. The maximum absolute atomic E-state index is 5.06. The van der Waals surface area contributed by atoms with E-state index in [0.717, 1.165) is 61.5 Å². The third kappa shape index (κ3) is 5.24. The van der Waals surface area contributed by atoms with Gasteiger partial charge in [0.1, 0.15) is 19.0 Å². The second-order valence-corrected chi connectivity index (χ2v) is 9.59. The number of hydrogen-bond donors (Lipinski definition) is 0. The molecule has 0 saturated carbocycles. The van der Waals surface area contributed by atoms with E-state index in [1.807, 2.05) is 48.5 Å². The molecule has 8 nitrogen and oxygen atoms in total. The van der Waals surface area contributed by atoms with Crippen LogP contribution in [0.3, 0.4) is 0 Å². The van der Waals surface area contributed by atoms with Gasteiger partial charge in [-0.3, -0.25) is 0 Å². The maximum Gasteiger partial charge on any atom is 0.160 e. The van der Waals surface area contributed by atoms with E-state index < -0.39 is 0 Å². The molecule has 8 heteroatoms. The molecule has 4 aromatic heterocycles. The summed E-state index contributed by atoms with van der Waals surface area (Å²) in [5.41, 5.74) is 10.2. The Morgan fingerprint density at radius 3 is 1.05 bits per heavy atom. The molecule has 198 valence electrons. The van der Waals surface area contributed by atoms with E-state index in [4.69, 9.17) is 9.97 Å². The molecule has 4 heterocycles. The number of benzene rings is 3. The molecule has 3 aromatic carbocycles. The van der Waals surface area contributed by atoms with Gasteiger partial charge in [-0.2, -0.15) is 0 Å². The predicted molar refractivity (Wildman–Crippen MR) is 161 cm³/mol. The first kappa shape index (κ1) is 25.0. The molecule has 42 heavy (non-hydrogen) atoms. The standard InChI is InChI=1S/C34H22N8/c1-4-23(29-14-35-20-36-15-29)10-26(7-1)32-13-33(27-8-2-5-24(11-27)30-16-37-21-38-17-30)42-34(41-32)28-9-3-6-25(12-28)31-18-39-22-40-19-31/h1-22H. The third-order valence-corrected chi connectivity index (χ3v) is 6.85. The van der Waals surface area contributed by atoms with E-state index in [0.29, 0.717) is 5.82 Å². The highest BCUT2D eigenvalue weighted by atomic mass is 14.9. The molecule has 0 amide bonds. The molecule has 0 atom stereocenters. The summed E-state index contributed by atoms with van der Waals surface area (Å²) in [5, 5.41) is 0. The van der Waals surface area contributed by atoms with Crippen molar-refractivity contribution in [2.75, 3.05) is 0 Å². The molecule has 0 aliphatic rings. The largest absolute Gasteiger partial charge is 0.244 e.